The van der Waals surface area contributed by atoms with Gasteiger partial charge in [-0.05, 0) is 76.0 Å². The maximum Gasteiger partial charge on any atom is 0.306 e. The molecule has 358 valence electrons. The molecule has 0 amide bonds. The molecule has 0 fully saturated rings. The third-order valence-corrected chi connectivity index (χ3v) is 12.1. The van der Waals surface area contributed by atoms with Crippen LogP contribution in [0, 0.1) is 13.8 Å². The number of allylic oxidation sites excluding steroid dienone is 4. The first-order valence-corrected chi connectivity index (χ1v) is 25.8. The molecule has 1 aromatic rings. The zero-order valence-electron chi connectivity index (χ0n) is 40.3. The van der Waals surface area contributed by atoms with E-state index in [2.05, 4.69) is 33.8 Å². The lowest BCUT2D eigenvalue weighted by Crippen LogP contribution is -2.37. The van der Waals surface area contributed by atoms with Crippen molar-refractivity contribution in [2.24, 2.45) is 0 Å². The monoisotopic (exact) mass is 894 g/mol. The minimum absolute atomic E-state index is 0.0578. The molecule has 1 rings (SSSR count). The summed E-state index contributed by atoms with van der Waals surface area (Å²) < 4.78 is 40.2. The molecule has 0 N–H and O–H groups in total. The average molecular weight is 894 g/mol. The van der Waals surface area contributed by atoms with Gasteiger partial charge >= 0.3 is 11.9 Å². The SMILES string of the molecule is CCCCC/C=C\C=C\C(=O)CCCCCCCC(=O)O[C@H](COC(=O)CCCCCCCCCCCCc1oc(CCCCC)c(C)c1C)COP(=O)([O-])OCC[N+](C)(C)C. The van der Waals surface area contributed by atoms with Crippen LogP contribution in [0.15, 0.2) is 28.7 Å². The Labute approximate surface area is 377 Å². The summed E-state index contributed by atoms with van der Waals surface area (Å²) >= 11 is 0. The van der Waals surface area contributed by atoms with Gasteiger partial charge in [0.15, 0.2) is 11.9 Å². The smallest absolute Gasteiger partial charge is 0.306 e. The second-order valence-electron chi connectivity index (χ2n) is 18.1. The van der Waals surface area contributed by atoms with Crippen LogP contribution in [0.4, 0.5) is 0 Å². The van der Waals surface area contributed by atoms with E-state index in [4.69, 9.17) is 22.9 Å². The number of unbranched alkanes of at least 4 members (excludes halogenated alkanes) is 18. The van der Waals surface area contributed by atoms with Gasteiger partial charge in [-0.15, -0.1) is 0 Å². The summed E-state index contributed by atoms with van der Waals surface area (Å²) in [5, 5.41) is 0. The van der Waals surface area contributed by atoms with Crippen LogP contribution in [0.2, 0.25) is 0 Å². The number of hydrogen-bond acceptors (Lipinski definition) is 10. The lowest BCUT2D eigenvalue weighted by molar-refractivity contribution is -0.870. The highest BCUT2D eigenvalue weighted by atomic mass is 31.2. The normalized spacial score (nSPS) is 13.5. The molecule has 0 saturated heterocycles. The molecule has 11 nitrogen and oxygen atoms in total. The summed E-state index contributed by atoms with van der Waals surface area (Å²) in [6.45, 7) is 8.38. The molecule has 0 aliphatic heterocycles. The zero-order chi connectivity index (χ0) is 45.9. The first-order valence-electron chi connectivity index (χ1n) is 24.4. The Morgan fingerprint density at radius 3 is 1.71 bits per heavy atom. The maximum atomic E-state index is 12.7. The van der Waals surface area contributed by atoms with E-state index in [0.29, 0.717) is 30.3 Å². The largest absolute Gasteiger partial charge is 0.756 e. The van der Waals surface area contributed by atoms with E-state index in [9.17, 15) is 23.8 Å². The lowest BCUT2D eigenvalue weighted by atomic mass is 10.0. The number of aryl methyl sites for hydroxylation is 2. The first-order chi connectivity index (χ1) is 29.7. The van der Waals surface area contributed by atoms with Crippen molar-refractivity contribution in [3.8, 4) is 0 Å². The van der Waals surface area contributed by atoms with Crippen LogP contribution in [-0.4, -0.2) is 75.8 Å². The molecule has 2 atom stereocenters. The summed E-state index contributed by atoms with van der Waals surface area (Å²) in [6.07, 6.45) is 32.7. The lowest BCUT2D eigenvalue weighted by Gasteiger charge is -2.28. The van der Waals surface area contributed by atoms with Gasteiger partial charge in [0.25, 0.3) is 7.82 Å². The van der Waals surface area contributed by atoms with Gasteiger partial charge in [-0.1, -0.05) is 128 Å². The number of ether oxygens (including phenoxy) is 2. The summed E-state index contributed by atoms with van der Waals surface area (Å²) in [7, 11) is 1.08. The number of carbonyl (C=O) groups is 3. The number of quaternary nitrogens is 1. The number of hydrogen-bond donors (Lipinski definition) is 0. The molecule has 0 bridgehead atoms. The fourth-order valence-electron chi connectivity index (χ4n) is 6.99. The van der Waals surface area contributed by atoms with Gasteiger partial charge in [-0.25, -0.2) is 0 Å². The van der Waals surface area contributed by atoms with E-state index in [-0.39, 0.29) is 31.8 Å². The molecule has 0 saturated carbocycles. The van der Waals surface area contributed by atoms with Gasteiger partial charge < -0.3 is 32.3 Å². The summed E-state index contributed by atoms with van der Waals surface area (Å²) in [6, 6.07) is 0. The molecule has 62 heavy (non-hydrogen) atoms. The standard InChI is InChI=1S/C50H88NO10P/c1-8-10-12-13-18-22-28-33-45(52)34-29-23-21-26-32-38-50(54)60-46(42-59-62(55,56)58-40-39-51(5,6)7)41-57-49(53)37-31-25-20-17-15-14-16-19-24-30-36-48-44(4)43(3)47(61-48)35-27-11-9-2/h18,22,28,33,46H,8-17,19-21,23-27,29-32,34-42H2,1-7H3/b22-18-,33-28+/t46-/m1/s1. The predicted octanol–water partition coefficient (Wildman–Crippen LogP) is 12.1. The van der Waals surface area contributed by atoms with Crippen molar-refractivity contribution in [2.45, 2.75) is 207 Å². The number of nitrogens with zero attached hydrogens (tertiary/aromatic N) is 1. The first kappa shape index (κ1) is 57.5. The highest BCUT2D eigenvalue weighted by Gasteiger charge is 2.22. The van der Waals surface area contributed by atoms with Crippen molar-refractivity contribution >= 4 is 25.5 Å². The van der Waals surface area contributed by atoms with Crippen LogP contribution in [0.3, 0.4) is 0 Å². The molecule has 0 aliphatic rings. The minimum Gasteiger partial charge on any atom is -0.756 e. The van der Waals surface area contributed by atoms with Crippen LogP contribution < -0.4 is 4.89 Å². The Kier molecular flexibility index (Phi) is 33.1. The van der Waals surface area contributed by atoms with E-state index in [1.165, 1.54) is 99.7 Å². The highest BCUT2D eigenvalue weighted by Crippen LogP contribution is 2.38. The number of ketones is 1. The molecule has 0 radical (unpaired) electrons. The molecule has 0 aromatic carbocycles. The number of esters is 2. The Bertz CT molecular complexity index is 1450. The third kappa shape index (κ3) is 32.2. The van der Waals surface area contributed by atoms with E-state index in [1.54, 1.807) is 6.08 Å². The molecule has 12 heteroatoms. The Balaban J connectivity index is 2.33. The quantitative estimate of drug-likeness (QED) is 0.0156. The van der Waals surface area contributed by atoms with Crippen LogP contribution in [-0.2, 0) is 50.3 Å². The van der Waals surface area contributed by atoms with Gasteiger partial charge in [0.05, 0.1) is 27.7 Å². The van der Waals surface area contributed by atoms with Crippen molar-refractivity contribution in [2.75, 3.05) is 47.5 Å². The Morgan fingerprint density at radius 1 is 0.645 bits per heavy atom. The minimum atomic E-state index is -4.67. The maximum absolute atomic E-state index is 12.7. The van der Waals surface area contributed by atoms with Gasteiger partial charge in [0, 0.05) is 32.1 Å². The molecule has 1 unspecified atom stereocenters. The van der Waals surface area contributed by atoms with Crippen molar-refractivity contribution in [1.82, 2.24) is 0 Å². The number of likely N-dealkylation sites (N-methyl/N-ethyl adjacent to an activating group) is 1. The third-order valence-electron chi connectivity index (χ3n) is 11.2. The molecule has 1 aromatic heterocycles. The summed E-state index contributed by atoms with van der Waals surface area (Å²) in [5.41, 5.74) is 2.68. The topological polar surface area (TPSA) is 141 Å². The van der Waals surface area contributed by atoms with E-state index in [0.717, 1.165) is 64.2 Å². The molecule has 0 aliphatic carbocycles. The van der Waals surface area contributed by atoms with E-state index < -0.39 is 32.5 Å². The van der Waals surface area contributed by atoms with Gasteiger partial charge in [-0.3, -0.25) is 18.9 Å². The van der Waals surface area contributed by atoms with Gasteiger partial charge in [0.2, 0.25) is 0 Å². The van der Waals surface area contributed by atoms with Gasteiger partial charge in [-0.2, -0.15) is 0 Å². The summed E-state index contributed by atoms with van der Waals surface area (Å²) in [4.78, 5) is 49.8. The van der Waals surface area contributed by atoms with E-state index in [1.807, 2.05) is 33.3 Å². The van der Waals surface area contributed by atoms with Crippen molar-refractivity contribution in [3.63, 3.8) is 0 Å². The number of carbonyl (C=O) groups excluding carboxylic acids is 3. The van der Waals surface area contributed by atoms with Crippen LogP contribution in [0.5, 0.6) is 0 Å². The number of rotatable bonds is 41. The number of phosphoric ester groups is 1. The Morgan fingerprint density at radius 2 is 1.15 bits per heavy atom. The molecular formula is C50H88NO10P. The van der Waals surface area contributed by atoms with Crippen molar-refractivity contribution < 1.29 is 51.3 Å². The summed E-state index contributed by atoms with van der Waals surface area (Å²) in [5.74, 6) is 1.54. The number of furan rings is 1. The molecule has 1 heterocycles. The van der Waals surface area contributed by atoms with Crippen LogP contribution in [0.1, 0.15) is 197 Å². The van der Waals surface area contributed by atoms with Crippen LogP contribution >= 0.6 is 7.82 Å². The predicted molar refractivity (Wildman–Crippen MR) is 249 cm³/mol. The number of phosphoric acid groups is 1. The Hall–Kier alpha value is -2.56. The highest BCUT2D eigenvalue weighted by molar-refractivity contribution is 7.45. The van der Waals surface area contributed by atoms with Crippen LogP contribution in [0.25, 0.3) is 0 Å². The second-order valence-corrected chi connectivity index (χ2v) is 19.5. The van der Waals surface area contributed by atoms with Crippen molar-refractivity contribution in [3.05, 3.63) is 47.0 Å². The fourth-order valence-corrected chi connectivity index (χ4v) is 7.72. The fraction of sp³-hybridized carbons (Fsp3) is 0.780. The second kappa shape index (κ2) is 35.7. The zero-order valence-corrected chi connectivity index (χ0v) is 41.2. The molecular weight excluding hydrogens is 806 g/mol. The van der Waals surface area contributed by atoms with Crippen molar-refractivity contribution in [1.29, 1.82) is 0 Å². The average Bonchev–Trinajstić information content (AvgIpc) is 3.48. The van der Waals surface area contributed by atoms with E-state index >= 15 is 0 Å². The molecule has 0 spiro atoms. The van der Waals surface area contributed by atoms with Gasteiger partial charge in [0.1, 0.15) is 31.3 Å².